The number of rotatable bonds is 6. The first-order chi connectivity index (χ1) is 9.94. The van der Waals surface area contributed by atoms with Crippen molar-refractivity contribution in [1.82, 2.24) is 10.3 Å². The van der Waals surface area contributed by atoms with Gasteiger partial charge in [-0.2, -0.15) is 0 Å². The second-order valence-electron chi connectivity index (χ2n) is 4.71. The fourth-order valence-corrected chi connectivity index (χ4v) is 4.62. The zero-order valence-electron chi connectivity index (χ0n) is 12.3. The highest BCUT2D eigenvalue weighted by molar-refractivity contribution is 7.93. The summed E-state index contributed by atoms with van der Waals surface area (Å²) in [5, 5.41) is 3.20. The largest absolute Gasteiger partial charge is 0.312 e. The molecule has 21 heavy (non-hydrogen) atoms. The predicted octanol–water partition coefficient (Wildman–Crippen LogP) is 2.67. The van der Waals surface area contributed by atoms with E-state index in [4.69, 9.17) is 0 Å². The molecule has 0 unspecified atom stereocenters. The molecular formula is C14H19N3O2S2. The minimum absolute atomic E-state index is 0.337. The molecule has 0 atom stereocenters. The minimum Gasteiger partial charge on any atom is -0.312 e. The van der Waals surface area contributed by atoms with E-state index in [2.05, 4.69) is 15.0 Å². The highest BCUT2D eigenvalue weighted by atomic mass is 32.2. The van der Waals surface area contributed by atoms with Gasteiger partial charge in [0.25, 0.3) is 10.0 Å². The van der Waals surface area contributed by atoms with Crippen molar-refractivity contribution in [2.24, 2.45) is 0 Å². The third kappa shape index (κ3) is 3.81. The topological polar surface area (TPSA) is 71.1 Å². The second-order valence-corrected chi connectivity index (χ2v) is 7.70. The molecule has 0 aliphatic carbocycles. The summed E-state index contributed by atoms with van der Waals surface area (Å²) in [6, 6.07) is 3.51. The van der Waals surface area contributed by atoms with Crippen LogP contribution in [0.25, 0.3) is 0 Å². The Morgan fingerprint density at radius 2 is 2.10 bits per heavy atom. The molecule has 2 rings (SSSR count). The third-order valence-electron chi connectivity index (χ3n) is 3.05. The average molecular weight is 325 g/mol. The maximum atomic E-state index is 12.5. The Labute approximate surface area is 129 Å². The molecule has 114 valence electrons. The average Bonchev–Trinajstić information content (AvgIpc) is 2.81. The van der Waals surface area contributed by atoms with Crippen LogP contribution in [0.4, 0.5) is 5.69 Å². The fourth-order valence-electron chi connectivity index (χ4n) is 1.90. The Morgan fingerprint density at radius 3 is 2.76 bits per heavy atom. The van der Waals surface area contributed by atoms with E-state index in [9.17, 15) is 8.42 Å². The summed E-state index contributed by atoms with van der Waals surface area (Å²) in [7, 11) is -3.58. The first kappa shape index (κ1) is 15.9. The zero-order valence-corrected chi connectivity index (χ0v) is 13.9. The van der Waals surface area contributed by atoms with Crippen molar-refractivity contribution in [1.29, 1.82) is 0 Å². The number of aromatic nitrogens is 1. The number of nitrogens with zero attached hydrogens (tertiary/aromatic N) is 1. The van der Waals surface area contributed by atoms with Crippen LogP contribution < -0.4 is 10.0 Å². The quantitative estimate of drug-likeness (QED) is 0.856. The lowest BCUT2D eigenvalue weighted by Crippen LogP contribution is -2.14. The molecule has 0 saturated heterocycles. The number of nitrogens with one attached hydrogen (secondary N) is 2. The molecule has 0 aromatic carbocycles. The lowest BCUT2D eigenvalue weighted by atomic mass is 10.3. The maximum Gasteiger partial charge on any atom is 0.263 e. The van der Waals surface area contributed by atoms with E-state index >= 15 is 0 Å². The van der Waals surface area contributed by atoms with Crippen molar-refractivity contribution < 1.29 is 8.42 Å². The smallest absolute Gasteiger partial charge is 0.263 e. The molecule has 0 saturated carbocycles. The van der Waals surface area contributed by atoms with Gasteiger partial charge in [-0.25, -0.2) is 8.42 Å². The van der Waals surface area contributed by atoms with Gasteiger partial charge in [0.05, 0.1) is 11.9 Å². The van der Waals surface area contributed by atoms with Crippen LogP contribution in [-0.4, -0.2) is 19.9 Å². The van der Waals surface area contributed by atoms with Crippen molar-refractivity contribution in [2.75, 3.05) is 11.3 Å². The molecular weight excluding hydrogens is 306 g/mol. The normalized spacial score (nSPS) is 11.6. The summed E-state index contributed by atoms with van der Waals surface area (Å²) < 4.78 is 27.6. The second kappa shape index (κ2) is 6.55. The first-order valence-electron chi connectivity index (χ1n) is 6.67. The summed E-state index contributed by atoms with van der Waals surface area (Å²) in [6.07, 6.45) is 3.16. The van der Waals surface area contributed by atoms with Crippen LogP contribution in [0, 0.1) is 13.8 Å². The molecule has 7 heteroatoms. The van der Waals surface area contributed by atoms with Crippen molar-refractivity contribution >= 4 is 27.0 Å². The van der Waals surface area contributed by atoms with Crippen LogP contribution >= 0.6 is 11.3 Å². The third-order valence-corrected chi connectivity index (χ3v) is 5.72. The monoisotopic (exact) mass is 325 g/mol. The van der Waals surface area contributed by atoms with Gasteiger partial charge in [-0.15, -0.1) is 11.3 Å². The Balaban J connectivity index is 2.27. The molecule has 0 fully saturated rings. The summed E-state index contributed by atoms with van der Waals surface area (Å²) in [6.45, 7) is 7.22. The summed E-state index contributed by atoms with van der Waals surface area (Å²) in [5.41, 5.74) is 1.35. The van der Waals surface area contributed by atoms with Gasteiger partial charge in [-0.1, -0.05) is 6.92 Å². The Morgan fingerprint density at radius 1 is 1.33 bits per heavy atom. The van der Waals surface area contributed by atoms with Crippen LogP contribution in [-0.2, 0) is 16.6 Å². The summed E-state index contributed by atoms with van der Waals surface area (Å²) in [4.78, 5) is 6.09. The van der Waals surface area contributed by atoms with Gasteiger partial charge in [0.15, 0.2) is 0 Å². The van der Waals surface area contributed by atoms with Gasteiger partial charge < -0.3 is 5.32 Å². The number of hydrogen-bond acceptors (Lipinski definition) is 5. The van der Waals surface area contributed by atoms with Crippen LogP contribution in [0.15, 0.2) is 29.4 Å². The molecule has 5 nitrogen and oxygen atoms in total. The summed E-state index contributed by atoms with van der Waals surface area (Å²) >= 11 is 1.50. The van der Waals surface area contributed by atoms with E-state index in [0.717, 1.165) is 21.9 Å². The maximum absolute atomic E-state index is 12.5. The van der Waals surface area contributed by atoms with Crippen LogP contribution in [0.2, 0.25) is 0 Å². The lowest BCUT2D eigenvalue weighted by Gasteiger charge is -2.09. The van der Waals surface area contributed by atoms with Crippen LogP contribution in [0.5, 0.6) is 0 Å². The van der Waals surface area contributed by atoms with E-state index in [1.165, 1.54) is 17.5 Å². The molecule has 0 bridgehead atoms. The molecule has 2 N–H and O–H groups in total. The van der Waals surface area contributed by atoms with Gasteiger partial charge in [-0.05, 0) is 38.1 Å². The highest BCUT2D eigenvalue weighted by Crippen LogP contribution is 2.27. The highest BCUT2D eigenvalue weighted by Gasteiger charge is 2.20. The minimum atomic E-state index is -3.58. The van der Waals surface area contributed by atoms with Crippen molar-refractivity contribution in [3.8, 4) is 0 Å². The van der Waals surface area contributed by atoms with E-state index in [-0.39, 0.29) is 0 Å². The van der Waals surface area contributed by atoms with Gasteiger partial charge in [-0.3, -0.25) is 9.71 Å². The van der Waals surface area contributed by atoms with Crippen molar-refractivity contribution in [3.63, 3.8) is 0 Å². The fraction of sp³-hybridized carbons (Fsp3) is 0.357. The number of sulfonamides is 1. The lowest BCUT2D eigenvalue weighted by molar-refractivity contribution is 0.601. The molecule has 0 spiro atoms. The molecule has 2 aromatic heterocycles. The zero-order chi connectivity index (χ0) is 15.5. The summed E-state index contributed by atoms with van der Waals surface area (Å²) in [5.74, 6) is 0. The first-order valence-corrected chi connectivity index (χ1v) is 8.97. The SMILES string of the molecule is CCNCc1cc(S(=O)(=O)Nc2cnccc2C)c(C)s1. The number of aryl methyl sites for hydroxylation is 2. The van der Waals surface area contributed by atoms with Gasteiger partial charge in [0, 0.05) is 22.5 Å². The van der Waals surface area contributed by atoms with Gasteiger partial charge >= 0.3 is 0 Å². The molecule has 2 aromatic rings. The molecule has 0 aliphatic rings. The number of hydrogen-bond donors (Lipinski definition) is 2. The number of thiophene rings is 1. The Kier molecular flexibility index (Phi) is 4.97. The van der Waals surface area contributed by atoms with Crippen molar-refractivity contribution in [2.45, 2.75) is 32.2 Å². The van der Waals surface area contributed by atoms with E-state index < -0.39 is 10.0 Å². The van der Waals surface area contributed by atoms with Crippen LogP contribution in [0.1, 0.15) is 22.2 Å². The molecule has 2 heterocycles. The number of anilines is 1. The van der Waals surface area contributed by atoms with Crippen molar-refractivity contribution in [3.05, 3.63) is 39.8 Å². The predicted molar refractivity (Wildman–Crippen MR) is 86.2 cm³/mol. The molecule has 0 aliphatic heterocycles. The van der Waals surface area contributed by atoms with E-state index in [0.29, 0.717) is 17.1 Å². The number of pyridine rings is 1. The van der Waals surface area contributed by atoms with Gasteiger partial charge in [0.2, 0.25) is 0 Å². The van der Waals surface area contributed by atoms with E-state index in [1.807, 2.05) is 20.8 Å². The standard InChI is InChI=1S/C14H19N3O2S2/c1-4-15-8-12-7-14(11(3)20-12)21(18,19)17-13-9-16-6-5-10(13)2/h5-7,9,15,17H,4,8H2,1-3H3. The van der Waals surface area contributed by atoms with E-state index in [1.54, 1.807) is 18.3 Å². The molecule has 0 radical (unpaired) electrons. The molecule has 0 amide bonds. The Hall–Kier alpha value is -1.44. The van der Waals surface area contributed by atoms with Crippen LogP contribution in [0.3, 0.4) is 0 Å². The van der Waals surface area contributed by atoms with Gasteiger partial charge in [0.1, 0.15) is 4.90 Å². The Bertz CT molecular complexity index is 724.